The average Bonchev–Trinajstić information content (AvgIpc) is 3.42. The largest absolute Gasteiger partial charge is 0.496 e. The second-order valence-corrected chi connectivity index (χ2v) is 6.96. The molecule has 0 N–H and O–H groups in total. The van der Waals surface area contributed by atoms with E-state index in [0.29, 0.717) is 29.8 Å². The van der Waals surface area contributed by atoms with Gasteiger partial charge in [0.2, 0.25) is 11.7 Å². The van der Waals surface area contributed by atoms with Crippen LogP contribution in [0.15, 0.2) is 53.1 Å². The topological polar surface area (TPSA) is 77.7 Å². The molecule has 3 aromatic rings. The third-order valence-corrected chi connectivity index (χ3v) is 5.09. The predicted molar refractivity (Wildman–Crippen MR) is 107 cm³/mol. The van der Waals surface area contributed by atoms with Gasteiger partial charge in [-0.2, -0.15) is 4.98 Å². The molecule has 1 saturated heterocycles. The fourth-order valence-electron chi connectivity index (χ4n) is 3.57. The van der Waals surface area contributed by atoms with Gasteiger partial charge < -0.3 is 18.9 Å². The molecule has 0 unspecified atom stereocenters. The first kappa shape index (κ1) is 19.0. The number of ether oxygens (including phenoxy) is 2. The van der Waals surface area contributed by atoms with E-state index < -0.39 is 0 Å². The highest BCUT2D eigenvalue weighted by Crippen LogP contribution is 2.34. The molecule has 2 aromatic carbocycles. The maximum Gasteiger partial charge on any atom is 0.261 e. The van der Waals surface area contributed by atoms with Crippen LogP contribution in [0, 0.1) is 6.92 Å². The molecular weight excluding hydrogens is 370 g/mol. The van der Waals surface area contributed by atoms with E-state index in [1.54, 1.807) is 12.0 Å². The number of carbonyl (C=O) groups is 1. The Hall–Kier alpha value is -3.35. The number of para-hydroxylation sites is 2. The van der Waals surface area contributed by atoms with Gasteiger partial charge in [0.15, 0.2) is 6.61 Å². The van der Waals surface area contributed by atoms with Gasteiger partial charge in [0.1, 0.15) is 17.5 Å². The van der Waals surface area contributed by atoms with E-state index in [-0.39, 0.29) is 18.6 Å². The Morgan fingerprint density at radius 1 is 1.17 bits per heavy atom. The first-order valence-corrected chi connectivity index (χ1v) is 9.62. The Morgan fingerprint density at radius 3 is 2.72 bits per heavy atom. The van der Waals surface area contributed by atoms with Gasteiger partial charge in [-0.05, 0) is 43.5 Å². The fraction of sp³-hybridized carbons (Fsp3) is 0.318. The minimum Gasteiger partial charge on any atom is -0.496 e. The Morgan fingerprint density at radius 2 is 1.93 bits per heavy atom. The Labute approximate surface area is 169 Å². The number of hydrogen-bond acceptors (Lipinski definition) is 6. The summed E-state index contributed by atoms with van der Waals surface area (Å²) < 4.78 is 16.6. The second kappa shape index (κ2) is 8.34. The molecule has 4 rings (SSSR count). The number of hydrogen-bond donors (Lipinski definition) is 0. The number of amides is 1. The number of carbonyl (C=O) groups excluding carboxylic acids is 1. The number of benzene rings is 2. The number of aryl methyl sites for hydroxylation is 1. The van der Waals surface area contributed by atoms with Crippen LogP contribution in [0.4, 0.5) is 0 Å². The monoisotopic (exact) mass is 393 g/mol. The summed E-state index contributed by atoms with van der Waals surface area (Å²) in [6.45, 7) is 2.58. The zero-order valence-corrected chi connectivity index (χ0v) is 16.5. The van der Waals surface area contributed by atoms with Crippen LogP contribution in [0.25, 0.3) is 11.4 Å². The third kappa shape index (κ3) is 3.94. The van der Waals surface area contributed by atoms with Gasteiger partial charge in [0, 0.05) is 6.54 Å². The maximum absolute atomic E-state index is 12.8. The van der Waals surface area contributed by atoms with Crippen LogP contribution in [-0.2, 0) is 4.79 Å². The van der Waals surface area contributed by atoms with Crippen molar-refractivity contribution in [2.24, 2.45) is 0 Å². The first-order valence-electron chi connectivity index (χ1n) is 9.62. The molecule has 1 atom stereocenters. The molecule has 7 nitrogen and oxygen atoms in total. The quantitative estimate of drug-likeness (QED) is 0.634. The van der Waals surface area contributed by atoms with Gasteiger partial charge in [-0.15, -0.1) is 0 Å². The van der Waals surface area contributed by atoms with Crippen LogP contribution in [0.3, 0.4) is 0 Å². The summed E-state index contributed by atoms with van der Waals surface area (Å²) in [5, 5.41) is 4.10. The van der Waals surface area contributed by atoms with Crippen LogP contribution < -0.4 is 9.47 Å². The molecule has 1 amide bonds. The molecule has 1 fully saturated rings. The molecule has 0 aliphatic carbocycles. The van der Waals surface area contributed by atoms with Crippen LogP contribution in [0.5, 0.6) is 11.5 Å². The van der Waals surface area contributed by atoms with Crippen molar-refractivity contribution in [2.45, 2.75) is 25.8 Å². The zero-order valence-electron chi connectivity index (χ0n) is 16.5. The van der Waals surface area contributed by atoms with Crippen LogP contribution in [0.1, 0.15) is 30.3 Å². The molecule has 0 saturated carbocycles. The molecule has 0 spiro atoms. The van der Waals surface area contributed by atoms with Crippen molar-refractivity contribution in [2.75, 3.05) is 20.3 Å². The number of likely N-dealkylation sites (tertiary alicyclic amines) is 1. The summed E-state index contributed by atoms with van der Waals surface area (Å²) >= 11 is 0. The number of methoxy groups -OCH3 is 1. The van der Waals surface area contributed by atoms with Crippen molar-refractivity contribution in [1.29, 1.82) is 0 Å². The lowest BCUT2D eigenvalue weighted by molar-refractivity contribution is -0.134. The van der Waals surface area contributed by atoms with E-state index in [2.05, 4.69) is 10.1 Å². The maximum atomic E-state index is 12.8. The van der Waals surface area contributed by atoms with Crippen molar-refractivity contribution in [1.82, 2.24) is 15.0 Å². The normalized spacial score (nSPS) is 16.1. The average molecular weight is 393 g/mol. The van der Waals surface area contributed by atoms with Gasteiger partial charge in [0.25, 0.3) is 5.91 Å². The van der Waals surface area contributed by atoms with E-state index in [0.717, 1.165) is 24.0 Å². The Bertz CT molecular complexity index is 1000. The lowest BCUT2D eigenvalue weighted by atomic mass is 10.2. The van der Waals surface area contributed by atoms with E-state index in [1.807, 2.05) is 55.5 Å². The number of nitrogens with zero attached hydrogens (tertiary/aromatic N) is 3. The first-order chi connectivity index (χ1) is 14.2. The lowest BCUT2D eigenvalue weighted by Gasteiger charge is -2.22. The molecular formula is C22H23N3O4. The minimum absolute atomic E-state index is 0.0190. The molecule has 29 heavy (non-hydrogen) atoms. The fourth-order valence-corrected chi connectivity index (χ4v) is 3.57. The molecule has 0 radical (unpaired) electrons. The summed E-state index contributed by atoms with van der Waals surface area (Å²) in [5.74, 6) is 2.19. The zero-order chi connectivity index (χ0) is 20.2. The molecule has 7 heteroatoms. The highest BCUT2D eigenvalue weighted by molar-refractivity contribution is 5.78. The molecule has 1 aromatic heterocycles. The van der Waals surface area contributed by atoms with Gasteiger partial charge in [-0.3, -0.25) is 4.79 Å². The van der Waals surface area contributed by atoms with Crippen molar-refractivity contribution in [3.8, 4) is 22.9 Å². The molecule has 2 heterocycles. The number of rotatable bonds is 6. The van der Waals surface area contributed by atoms with Gasteiger partial charge in [-0.1, -0.05) is 35.5 Å². The third-order valence-electron chi connectivity index (χ3n) is 5.09. The van der Waals surface area contributed by atoms with Crippen molar-refractivity contribution < 1.29 is 18.8 Å². The van der Waals surface area contributed by atoms with Gasteiger partial charge in [-0.25, -0.2) is 0 Å². The molecule has 1 aliphatic heterocycles. The smallest absolute Gasteiger partial charge is 0.261 e. The van der Waals surface area contributed by atoms with Crippen molar-refractivity contribution in [3.05, 3.63) is 60.0 Å². The summed E-state index contributed by atoms with van der Waals surface area (Å²) in [6, 6.07) is 14.9. The SMILES string of the molecule is COc1ccccc1-c1noc([C@H]2CCCN2C(=O)COc2ccccc2C)n1. The summed E-state index contributed by atoms with van der Waals surface area (Å²) in [7, 11) is 1.60. The van der Waals surface area contributed by atoms with Gasteiger partial charge >= 0.3 is 0 Å². The lowest BCUT2D eigenvalue weighted by Crippen LogP contribution is -2.34. The Balaban J connectivity index is 1.48. The summed E-state index contributed by atoms with van der Waals surface area (Å²) in [5.41, 5.74) is 1.75. The van der Waals surface area contributed by atoms with E-state index in [4.69, 9.17) is 14.0 Å². The summed E-state index contributed by atoms with van der Waals surface area (Å²) in [6.07, 6.45) is 1.66. The van der Waals surface area contributed by atoms with E-state index in [1.165, 1.54) is 0 Å². The second-order valence-electron chi connectivity index (χ2n) is 6.96. The predicted octanol–water partition coefficient (Wildman–Crippen LogP) is 3.80. The Kier molecular flexibility index (Phi) is 5.46. The van der Waals surface area contributed by atoms with Crippen LogP contribution in [-0.4, -0.2) is 41.2 Å². The molecule has 0 bridgehead atoms. The summed E-state index contributed by atoms with van der Waals surface area (Å²) in [4.78, 5) is 19.1. The minimum atomic E-state index is -0.237. The van der Waals surface area contributed by atoms with Gasteiger partial charge in [0.05, 0.1) is 12.7 Å². The highest BCUT2D eigenvalue weighted by atomic mass is 16.5. The van der Waals surface area contributed by atoms with Crippen LogP contribution >= 0.6 is 0 Å². The highest BCUT2D eigenvalue weighted by Gasteiger charge is 2.34. The van der Waals surface area contributed by atoms with E-state index in [9.17, 15) is 4.79 Å². The molecule has 1 aliphatic rings. The van der Waals surface area contributed by atoms with Crippen molar-refractivity contribution >= 4 is 5.91 Å². The van der Waals surface area contributed by atoms with Crippen LogP contribution in [0.2, 0.25) is 0 Å². The standard InChI is InChI=1S/C22H23N3O4/c1-15-8-3-5-11-18(15)28-14-20(26)25-13-7-10-17(25)22-23-21(24-29-22)16-9-4-6-12-19(16)27-2/h3-6,8-9,11-12,17H,7,10,13-14H2,1-2H3/t17-/m1/s1. The van der Waals surface area contributed by atoms with E-state index >= 15 is 0 Å². The molecule has 150 valence electrons. The number of aromatic nitrogens is 2. The van der Waals surface area contributed by atoms with Crippen molar-refractivity contribution in [3.63, 3.8) is 0 Å².